The summed E-state index contributed by atoms with van der Waals surface area (Å²) < 4.78 is 16.6. The summed E-state index contributed by atoms with van der Waals surface area (Å²) in [6.45, 7) is 0. The quantitative estimate of drug-likeness (QED) is 0.316. The lowest BCUT2D eigenvalue weighted by atomic mass is 10.2. The van der Waals surface area contributed by atoms with Gasteiger partial charge < -0.3 is 19.1 Å². The molecule has 0 amide bonds. The fraction of sp³-hybridized carbons (Fsp3) is 0.0952. The molecular formula is C21H17N3O5. The summed E-state index contributed by atoms with van der Waals surface area (Å²) in [6.07, 6.45) is 2.69. The normalized spacial score (nSPS) is 10.7. The van der Waals surface area contributed by atoms with E-state index in [-0.39, 0.29) is 11.8 Å². The number of hydrogen-bond donors (Lipinski definition) is 0. The van der Waals surface area contributed by atoms with Crippen molar-refractivity contribution >= 4 is 5.76 Å². The summed E-state index contributed by atoms with van der Waals surface area (Å²) in [6, 6.07) is 17.6. The Bertz CT molecular complexity index is 1050. The number of nitrogens with zero attached hydrogens (tertiary/aromatic N) is 3. The molecule has 1 heterocycles. The third-order valence-corrected chi connectivity index (χ3v) is 3.60. The Hall–Kier alpha value is -4.09. The molecule has 0 aliphatic rings. The number of benzene rings is 2. The first-order chi connectivity index (χ1) is 14.2. The third-order valence-electron chi connectivity index (χ3n) is 3.60. The average molecular weight is 391 g/mol. The fourth-order valence-electron chi connectivity index (χ4n) is 2.39. The molecule has 0 N–H and O–H groups in total. The molecule has 0 radical (unpaired) electrons. The largest absolute Gasteiger partial charge is 0.500 e. The summed E-state index contributed by atoms with van der Waals surface area (Å²) in [5.74, 6) is 1.63. The van der Waals surface area contributed by atoms with Crippen molar-refractivity contribution in [2.24, 2.45) is 0 Å². The van der Waals surface area contributed by atoms with Gasteiger partial charge in [0, 0.05) is 0 Å². The van der Waals surface area contributed by atoms with Gasteiger partial charge >= 0.3 is 0 Å². The predicted molar refractivity (Wildman–Crippen MR) is 103 cm³/mol. The summed E-state index contributed by atoms with van der Waals surface area (Å²) in [4.78, 5) is 18.1. The highest BCUT2D eigenvalue weighted by atomic mass is 17.2. The first-order valence-corrected chi connectivity index (χ1v) is 8.45. The smallest absolute Gasteiger partial charge is 0.226 e. The Morgan fingerprint density at radius 1 is 0.931 bits per heavy atom. The lowest BCUT2D eigenvalue weighted by Gasteiger charge is -2.12. The van der Waals surface area contributed by atoms with Crippen molar-refractivity contribution in [3.05, 3.63) is 78.3 Å². The van der Waals surface area contributed by atoms with E-state index in [1.165, 1.54) is 32.9 Å². The van der Waals surface area contributed by atoms with Gasteiger partial charge in [-0.2, -0.15) is 10.1 Å². The van der Waals surface area contributed by atoms with E-state index in [2.05, 4.69) is 16.0 Å². The topological polar surface area (TPSA) is 95.7 Å². The molecule has 0 saturated heterocycles. The van der Waals surface area contributed by atoms with Gasteiger partial charge in [0.25, 0.3) is 0 Å². The molecule has 3 aromatic rings. The predicted octanol–water partition coefficient (Wildman–Crippen LogP) is 4.46. The summed E-state index contributed by atoms with van der Waals surface area (Å²) in [5, 5.41) is 9.19. The fourth-order valence-corrected chi connectivity index (χ4v) is 2.39. The highest BCUT2D eigenvalue weighted by Crippen LogP contribution is 2.32. The van der Waals surface area contributed by atoms with Crippen LogP contribution in [0.2, 0.25) is 0 Å². The molecule has 0 fully saturated rings. The summed E-state index contributed by atoms with van der Waals surface area (Å²) >= 11 is 0. The van der Waals surface area contributed by atoms with Crippen LogP contribution in [-0.4, -0.2) is 24.2 Å². The molecule has 2 aromatic carbocycles. The van der Waals surface area contributed by atoms with E-state index in [0.29, 0.717) is 28.4 Å². The minimum Gasteiger partial charge on any atom is -0.500 e. The van der Waals surface area contributed by atoms with Crippen molar-refractivity contribution in [1.29, 1.82) is 5.26 Å². The Morgan fingerprint density at radius 3 is 2.28 bits per heavy atom. The number of ether oxygens (including phenoxy) is 3. The van der Waals surface area contributed by atoms with E-state index in [1.54, 1.807) is 42.5 Å². The van der Waals surface area contributed by atoms with E-state index in [0.717, 1.165) is 0 Å². The molecule has 0 unspecified atom stereocenters. The molecule has 0 atom stereocenters. The van der Waals surface area contributed by atoms with Crippen LogP contribution >= 0.6 is 0 Å². The molecule has 8 heteroatoms. The van der Waals surface area contributed by atoms with Crippen LogP contribution in [0.1, 0.15) is 11.1 Å². The second kappa shape index (κ2) is 9.73. The van der Waals surface area contributed by atoms with Crippen LogP contribution in [0.15, 0.2) is 67.2 Å². The lowest BCUT2D eigenvalue weighted by Crippen LogP contribution is -1.98. The van der Waals surface area contributed by atoms with Gasteiger partial charge in [-0.05, 0) is 24.3 Å². The van der Waals surface area contributed by atoms with Crippen molar-refractivity contribution in [2.45, 2.75) is 0 Å². The van der Waals surface area contributed by atoms with Crippen LogP contribution in [0, 0.1) is 11.3 Å². The first kappa shape index (κ1) is 19.7. The highest BCUT2D eigenvalue weighted by Gasteiger charge is 2.14. The maximum absolute atomic E-state index is 9.19. The van der Waals surface area contributed by atoms with Gasteiger partial charge in [0.05, 0.1) is 31.4 Å². The van der Waals surface area contributed by atoms with Crippen LogP contribution in [0.4, 0.5) is 0 Å². The van der Waals surface area contributed by atoms with Crippen molar-refractivity contribution < 1.29 is 24.0 Å². The van der Waals surface area contributed by atoms with Gasteiger partial charge in [-0.25, -0.2) is 9.97 Å². The van der Waals surface area contributed by atoms with E-state index in [1.807, 2.05) is 6.07 Å². The van der Waals surface area contributed by atoms with E-state index >= 15 is 0 Å². The molecular weight excluding hydrogens is 374 g/mol. The Balaban J connectivity index is 1.86. The van der Waals surface area contributed by atoms with Crippen LogP contribution < -0.4 is 9.47 Å². The first-order valence-electron chi connectivity index (χ1n) is 8.45. The number of para-hydroxylation sites is 2. The van der Waals surface area contributed by atoms with Crippen LogP contribution in [-0.2, 0) is 14.5 Å². The number of hydrogen-bond acceptors (Lipinski definition) is 8. The zero-order chi connectivity index (χ0) is 20.5. The third kappa shape index (κ3) is 5.00. The second-order valence-electron chi connectivity index (χ2n) is 5.47. The van der Waals surface area contributed by atoms with Crippen LogP contribution in [0.5, 0.6) is 23.3 Å². The van der Waals surface area contributed by atoms with Gasteiger partial charge in [0.1, 0.15) is 30.2 Å². The molecule has 146 valence electrons. The minimum absolute atomic E-state index is 0.232. The summed E-state index contributed by atoms with van der Waals surface area (Å²) in [5.41, 5.74) is 0.983. The van der Waals surface area contributed by atoms with Gasteiger partial charge in [-0.15, -0.1) is 0 Å². The number of rotatable bonds is 8. The van der Waals surface area contributed by atoms with Crippen molar-refractivity contribution in [3.8, 4) is 29.3 Å². The Kier molecular flexibility index (Phi) is 6.60. The van der Waals surface area contributed by atoms with E-state index < -0.39 is 0 Å². The van der Waals surface area contributed by atoms with Crippen molar-refractivity contribution in [2.75, 3.05) is 14.2 Å². The second-order valence-corrected chi connectivity index (χ2v) is 5.47. The van der Waals surface area contributed by atoms with Gasteiger partial charge in [-0.1, -0.05) is 24.3 Å². The Morgan fingerprint density at radius 2 is 1.59 bits per heavy atom. The van der Waals surface area contributed by atoms with E-state index in [4.69, 9.17) is 24.0 Å². The molecule has 0 spiro atoms. The maximum atomic E-state index is 9.19. The monoisotopic (exact) mass is 391 g/mol. The number of aromatic nitrogens is 2. The van der Waals surface area contributed by atoms with E-state index in [9.17, 15) is 5.26 Å². The molecule has 0 saturated carbocycles. The van der Waals surface area contributed by atoms with Gasteiger partial charge in [-0.3, -0.25) is 0 Å². The lowest BCUT2D eigenvalue weighted by molar-refractivity contribution is -0.209. The summed E-state index contributed by atoms with van der Waals surface area (Å²) in [7, 11) is 2.88. The molecule has 8 nitrogen and oxygen atoms in total. The minimum atomic E-state index is 0.232. The Labute approximate surface area is 167 Å². The van der Waals surface area contributed by atoms with Crippen molar-refractivity contribution in [1.82, 2.24) is 9.97 Å². The average Bonchev–Trinajstić information content (AvgIpc) is 2.75. The molecule has 29 heavy (non-hydrogen) atoms. The number of methoxy groups -OCH3 is 1. The van der Waals surface area contributed by atoms with Gasteiger partial charge in [0.15, 0.2) is 0 Å². The molecule has 0 bridgehead atoms. The maximum Gasteiger partial charge on any atom is 0.226 e. The SMILES string of the molecule is CO/C=C(/OOC)c1ccccc1Oc1cc(Oc2ccccc2C#N)ncn1. The zero-order valence-corrected chi connectivity index (χ0v) is 15.7. The number of nitriles is 1. The highest BCUT2D eigenvalue weighted by molar-refractivity contribution is 5.65. The van der Waals surface area contributed by atoms with Crippen LogP contribution in [0.3, 0.4) is 0 Å². The molecule has 0 aliphatic heterocycles. The molecule has 1 aromatic heterocycles. The molecule has 0 aliphatic carbocycles. The standard InChI is InChI=1S/C21H17N3O5/c1-25-13-19(29-26-2)16-8-4-6-10-18(16)28-21-11-20(23-14-24-21)27-17-9-5-3-7-15(17)12-22/h3-11,13-14H,1-2H3/b19-13+. The van der Waals surface area contributed by atoms with Crippen LogP contribution in [0.25, 0.3) is 5.76 Å². The zero-order valence-electron chi connectivity index (χ0n) is 15.7. The molecule has 3 rings (SSSR count). The van der Waals surface area contributed by atoms with Crippen molar-refractivity contribution in [3.63, 3.8) is 0 Å². The van der Waals surface area contributed by atoms with Gasteiger partial charge in [0.2, 0.25) is 17.5 Å².